The first-order valence-electron chi connectivity index (χ1n) is 7.38. The summed E-state index contributed by atoms with van der Waals surface area (Å²) in [7, 11) is 0. The minimum atomic E-state index is 0.126. The highest BCUT2D eigenvalue weighted by Crippen LogP contribution is 2.24. The van der Waals surface area contributed by atoms with Gasteiger partial charge in [-0.15, -0.1) is 11.3 Å². The van der Waals surface area contributed by atoms with Crippen molar-refractivity contribution in [3.63, 3.8) is 0 Å². The molecule has 1 unspecified atom stereocenters. The fourth-order valence-electron chi connectivity index (χ4n) is 2.16. The normalized spacial score (nSPS) is 12.7. The summed E-state index contributed by atoms with van der Waals surface area (Å²) in [5.74, 6) is 1.38. The van der Waals surface area contributed by atoms with Crippen molar-refractivity contribution in [1.82, 2.24) is 4.98 Å². The lowest BCUT2D eigenvalue weighted by molar-refractivity contribution is 0.298. The van der Waals surface area contributed by atoms with E-state index in [1.165, 1.54) is 11.1 Å². The van der Waals surface area contributed by atoms with Crippen LogP contribution in [0.25, 0.3) is 0 Å². The van der Waals surface area contributed by atoms with E-state index in [0.717, 1.165) is 22.9 Å². The second-order valence-corrected chi connectivity index (χ2v) is 6.80. The van der Waals surface area contributed by atoms with Crippen molar-refractivity contribution in [3.8, 4) is 5.75 Å². The predicted molar refractivity (Wildman–Crippen MR) is 89.1 cm³/mol. The molecule has 0 aliphatic carbocycles. The van der Waals surface area contributed by atoms with Gasteiger partial charge in [-0.25, -0.2) is 4.98 Å². The molecule has 2 rings (SSSR count). The fourth-order valence-corrected chi connectivity index (χ4v) is 2.98. The maximum Gasteiger partial charge on any atom is 0.131 e. The van der Waals surface area contributed by atoms with E-state index in [1.807, 2.05) is 13.0 Å². The van der Waals surface area contributed by atoms with Crippen molar-refractivity contribution in [2.24, 2.45) is 5.73 Å². The average molecular weight is 304 g/mol. The molecule has 114 valence electrons. The molecule has 1 heterocycles. The number of nitrogens with two attached hydrogens (primary N) is 1. The van der Waals surface area contributed by atoms with E-state index < -0.39 is 0 Å². The molecule has 0 saturated carbocycles. The Labute approximate surface area is 131 Å². The van der Waals surface area contributed by atoms with Gasteiger partial charge in [-0.2, -0.15) is 0 Å². The van der Waals surface area contributed by atoms with Gasteiger partial charge in [-0.1, -0.05) is 31.5 Å². The number of benzene rings is 1. The van der Waals surface area contributed by atoms with E-state index in [0.29, 0.717) is 12.5 Å². The number of hydrogen-bond donors (Lipinski definition) is 1. The number of hydrogen-bond acceptors (Lipinski definition) is 4. The minimum Gasteiger partial charge on any atom is -0.487 e. The molecule has 0 fully saturated rings. The third kappa shape index (κ3) is 4.55. The van der Waals surface area contributed by atoms with Gasteiger partial charge < -0.3 is 10.5 Å². The van der Waals surface area contributed by atoms with Gasteiger partial charge in [-0.3, -0.25) is 0 Å². The van der Waals surface area contributed by atoms with Crippen molar-refractivity contribution in [2.45, 2.75) is 52.7 Å². The molecule has 0 amide bonds. The lowest BCUT2D eigenvalue weighted by Gasteiger charge is -2.13. The lowest BCUT2D eigenvalue weighted by Crippen LogP contribution is -2.18. The Morgan fingerprint density at radius 3 is 2.67 bits per heavy atom. The highest BCUT2D eigenvalue weighted by atomic mass is 32.1. The molecule has 0 bridgehead atoms. The highest BCUT2D eigenvalue weighted by molar-refractivity contribution is 7.09. The molecular formula is C17H24N2OS. The molecule has 1 aromatic heterocycles. The zero-order chi connectivity index (χ0) is 15.4. The molecule has 1 atom stereocenters. The summed E-state index contributed by atoms with van der Waals surface area (Å²) in [4.78, 5) is 4.60. The van der Waals surface area contributed by atoms with Crippen LogP contribution in [-0.2, 0) is 13.0 Å². The van der Waals surface area contributed by atoms with E-state index in [-0.39, 0.29) is 6.04 Å². The number of aromatic nitrogens is 1. The SMILES string of the molecule is Cc1ccc(OCc2csc(C(C)C)n2)c(CC(C)N)c1. The Balaban J connectivity index is 2.08. The van der Waals surface area contributed by atoms with Gasteiger partial charge in [0.15, 0.2) is 0 Å². The van der Waals surface area contributed by atoms with E-state index >= 15 is 0 Å². The quantitative estimate of drug-likeness (QED) is 0.876. The fraction of sp³-hybridized carbons (Fsp3) is 0.471. The highest BCUT2D eigenvalue weighted by Gasteiger charge is 2.09. The van der Waals surface area contributed by atoms with Gasteiger partial charge >= 0.3 is 0 Å². The van der Waals surface area contributed by atoms with Crippen molar-refractivity contribution in [1.29, 1.82) is 0 Å². The summed E-state index contributed by atoms with van der Waals surface area (Å²) in [5.41, 5.74) is 9.32. The van der Waals surface area contributed by atoms with Crippen LogP contribution in [0.2, 0.25) is 0 Å². The summed E-state index contributed by atoms with van der Waals surface area (Å²) >= 11 is 1.70. The van der Waals surface area contributed by atoms with E-state index in [9.17, 15) is 0 Å². The smallest absolute Gasteiger partial charge is 0.131 e. The summed E-state index contributed by atoms with van der Waals surface area (Å²) in [5, 5.41) is 3.24. The van der Waals surface area contributed by atoms with E-state index in [1.54, 1.807) is 11.3 Å². The van der Waals surface area contributed by atoms with Crippen molar-refractivity contribution in [2.75, 3.05) is 0 Å². The summed E-state index contributed by atoms with van der Waals surface area (Å²) < 4.78 is 5.96. The van der Waals surface area contributed by atoms with Gasteiger partial charge in [0.25, 0.3) is 0 Å². The number of aryl methyl sites for hydroxylation is 1. The third-order valence-electron chi connectivity index (χ3n) is 3.20. The predicted octanol–water partition coefficient (Wildman–Crippen LogP) is 4.04. The van der Waals surface area contributed by atoms with Gasteiger partial charge in [-0.05, 0) is 31.9 Å². The number of thiazole rings is 1. The maximum atomic E-state index is 5.96. The summed E-state index contributed by atoms with van der Waals surface area (Å²) in [6.07, 6.45) is 0.825. The number of rotatable bonds is 6. The summed E-state index contributed by atoms with van der Waals surface area (Å²) in [6, 6.07) is 6.38. The van der Waals surface area contributed by atoms with Crippen LogP contribution in [-0.4, -0.2) is 11.0 Å². The average Bonchev–Trinajstić information content (AvgIpc) is 2.86. The van der Waals surface area contributed by atoms with Crippen molar-refractivity contribution < 1.29 is 4.74 Å². The van der Waals surface area contributed by atoms with Crippen LogP contribution in [0.3, 0.4) is 0 Å². The zero-order valence-corrected chi connectivity index (χ0v) is 14.0. The topological polar surface area (TPSA) is 48.1 Å². The van der Waals surface area contributed by atoms with Crippen LogP contribution in [0.5, 0.6) is 5.75 Å². The Morgan fingerprint density at radius 1 is 1.29 bits per heavy atom. The van der Waals surface area contributed by atoms with Crippen LogP contribution in [0.15, 0.2) is 23.6 Å². The van der Waals surface area contributed by atoms with Crippen LogP contribution in [0.4, 0.5) is 0 Å². The van der Waals surface area contributed by atoms with Crippen LogP contribution in [0, 0.1) is 6.92 Å². The van der Waals surface area contributed by atoms with Gasteiger partial charge in [0.2, 0.25) is 0 Å². The summed E-state index contributed by atoms with van der Waals surface area (Å²) in [6.45, 7) is 8.93. The Bertz CT molecular complexity index is 590. The first kappa shape index (κ1) is 16.0. The molecule has 0 radical (unpaired) electrons. The second kappa shape index (κ2) is 7.05. The van der Waals surface area contributed by atoms with Gasteiger partial charge in [0, 0.05) is 17.3 Å². The molecule has 2 aromatic rings. The van der Waals surface area contributed by atoms with E-state index in [4.69, 9.17) is 10.5 Å². The molecule has 21 heavy (non-hydrogen) atoms. The number of nitrogens with zero attached hydrogens (tertiary/aromatic N) is 1. The largest absolute Gasteiger partial charge is 0.487 e. The molecule has 1 aromatic carbocycles. The van der Waals surface area contributed by atoms with Crippen LogP contribution >= 0.6 is 11.3 Å². The monoisotopic (exact) mass is 304 g/mol. The zero-order valence-electron chi connectivity index (χ0n) is 13.2. The minimum absolute atomic E-state index is 0.126. The molecule has 0 spiro atoms. The first-order chi connectivity index (χ1) is 9.95. The molecule has 2 N–H and O–H groups in total. The first-order valence-corrected chi connectivity index (χ1v) is 8.26. The molecular weight excluding hydrogens is 280 g/mol. The van der Waals surface area contributed by atoms with Crippen LogP contribution < -0.4 is 10.5 Å². The van der Waals surface area contributed by atoms with E-state index in [2.05, 4.69) is 43.3 Å². The van der Waals surface area contributed by atoms with Crippen LogP contribution in [0.1, 0.15) is 48.5 Å². The maximum absolute atomic E-state index is 5.96. The molecule has 0 saturated heterocycles. The van der Waals surface area contributed by atoms with Gasteiger partial charge in [0.1, 0.15) is 12.4 Å². The van der Waals surface area contributed by atoms with Crippen molar-refractivity contribution in [3.05, 3.63) is 45.4 Å². The molecule has 0 aliphatic rings. The molecule has 4 heteroatoms. The van der Waals surface area contributed by atoms with Gasteiger partial charge in [0.05, 0.1) is 10.7 Å². The molecule has 3 nitrogen and oxygen atoms in total. The Kier molecular flexibility index (Phi) is 5.37. The number of ether oxygens (including phenoxy) is 1. The third-order valence-corrected chi connectivity index (χ3v) is 4.39. The van der Waals surface area contributed by atoms with Crippen molar-refractivity contribution >= 4 is 11.3 Å². The molecule has 0 aliphatic heterocycles. The standard InChI is InChI=1S/C17H24N2OS/c1-11(2)17-19-15(10-21-17)9-20-16-6-5-12(3)7-14(16)8-13(4)18/h5-7,10-11,13H,8-9,18H2,1-4H3. The Hall–Kier alpha value is -1.39. The Morgan fingerprint density at radius 2 is 2.05 bits per heavy atom. The lowest BCUT2D eigenvalue weighted by atomic mass is 10.0. The second-order valence-electron chi connectivity index (χ2n) is 5.91.